The predicted molar refractivity (Wildman–Crippen MR) is 86.9 cm³/mol. The number of nitrogens with two attached hydrogens (primary N) is 1. The smallest absolute Gasteiger partial charge is 0.0517 e. The van der Waals surface area contributed by atoms with Gasteiger partial charge in [0.25, 0.3) is 0 Å². The van der Waals surface area contributed by atoms with Crippen LogP contribution in [0.2, 0.25) is 0 Å². The second kappa shape index (κ2) is 6.89. The summed E-state index contributed by atoms with van der Waals surface area (Å²) in [5.41, 5.74) is 7.82. The molecule has 116 valence electrons. The Balaban J connectivity index is 1.84. The van der Waals surface area contributed by atoms with Gasteiger partial charge in [0, 0.05) is 24.5 Å². The van der Waals surface area contributed by atoms with Crippen LogP contribution in [0.1, 0.15) is 63.5 Å². The van der Waals surface area contributed by atoms with E-state index >= 15 is 0 Å². The van der Waals surface area contributed by atoms with E-state index in [1.807, 2.05) is 18.5 Å². The van der Waals surface area contributed by atoms with E-state index in [0.717, 1.165) is 18.4 Å². The molecule has 2 aliphatic rings. The summed E-state index contributed by atoms with van der Waals surface area (Å²) in [5, 5.41) is 0. The van der Waals surface area contributed by atoms with Crippen LogP contribution in [0.4, 0.5) is 0 Å². The second-order valence-electron chi connectivity index (χ2n) is 6.80. The number of hydrogen-bond donors (Lipinski definition) is 1. The first kappa shape index (κ1) is 15.0. The third kappa shape index (κ3) is 3.14. The van der Waals surface area contributed by atoms with Gasteiger partial charge in [-0.15, -0.1) is 0 Å². The number of likely N-dealkylation sites (tertiary alicyclic amines) is 1. The zero-order chi connectivity index (χ0) is 14.7. The number of nitrogens with zero attached hydrogens (tertiary/aromatic N) is 2. The Morgan fingerprint density at radius 3 is 2.76 bits per heavy atom. The standard InChI is InChI=1S/C18H29N3/c1-2-16(19)18(15-9-5-11-20-13-15)21-12-6-10-17(21)14-7-3-4-8-14/h5,9,11,13-14,16-18H,2-4,6-8,10,12,19H2,1H3. The molecule has 1 aliphatic carbocycles. The summed E-state index contributed by atoms with van der Waals surface area (Å²) in [6.45, 7) is 3.41. The van der Waals surface area contributed by atoms with Crippen LogP contribution in [0, 0.1) is 5.92 Å². The minimum atomic E-state index is 0.205. The summed E-state index contributed by atoms with van der Waals surface area (Å²) in [6.07, 6.45) is 13.3. The van der Waals surface area contributed by atoms with Gasteiger partial charge in [-0.05, 0) is 56.2 Å². The highest BCUT2D eigenvalue weighted by Crippen LogP contribution is 2.40. The first-order chi connectivity index (χ1) is 10.3. The van der Waals surface area contributed by atoms with E-state index in [1.54, 1.807) is 0 Å². The van der Waals surface area contributed by atoms with Gasteiger partial charge in [-0.1, -0.05) is 25.8 Å². The summed E-state index contributed by atoms with van der Waals surface area (Å²) >= 11 is 0. The second-order valence-corrected chi connectivity index (χ2v) is 6.80. The van der Waals surface area contributed by atoms with Crippen molar-refractivity contribution in [1.29, 1.82) is 0 Å². The van der Waals surface area contributed by atoms with E-state index < -0.39 is 0 Å². The quantitative estimate of drug-likeness (QED) is 0.901. The monoisotopic (exact) mass is 287 g/mol. The van der Waals surface area contributed by atoms with Gasteiger partial charge in [-0.25, -0.2) is 0 Å². The van der Waals surface area contributed by atoms with Crippen molar-refractivity contribution in [3.8, 4) is 0 Å². The molecule has 2 N–H and O–H groups in total. The Labute approximate surface area is 128 Å². The molecule has 1 aliphatic heterocycles. The van der Waals surface area contributed by atoms with Gasteiger partial charge in [0.2, 0.25) is 0 Å². The number of aromatic nitrogens is 1. The van der Waals surface area contributed by atoms with Gasteiger partial charge in [-0.2, -0.15) is 0 Å². The van der Waals surface area contributed by atoms with Gasteiger partial charge in [0.15, 0.2) is 0 Å². The summed E-state index contributed by atoms with van der Waals surface area (Å²) in [7, 11) is 0. The van der Waals surface area contributed by atoms with Gasteiger partial charge < -0.3 is 5.73 Å². The lowest BCUT2D eigenvalue weighted by atomic mass is 9.91. The van der Waals surface area contributed by atoms with Crippen molar-refractivity contribution in [2.45, 2.75) is 70.0 Å². The van der Waals surface area contributed by atoms with Gasteiger partial charge in [0.05, 0.1) is 6.04 Å². The van der Waals surface area contributed by atoms with Crippen molar-refractivity contribution in [3.05, 3.63) is 30.1 Å². The first-order valence-corrected chi connectivity index (χ1v) is 8.72. The zero-order valence-corrected chi connectivity index (χ0v) is 13.2. The first-order valence-electron chi connectivity index (χ1n) is 8.72. The van der Waals surface area contributed by atoms with E-state index in [9.17, 15) is 0 Å². The topological polar surface area (TPSA) is 42.1 Å². The molecule has 3 atom stereocenters. The average Bonchev–Trinajstić information content (AvgIpc) is 3.19. The summed E-state index contributed by atoms with van der Waals surface area (Å²) in [6, 6.07) is 5.55. The van der Waals surface area contributed by atoms with E-state index in [0.29, 0.717) is 6.04 Å². The van der Waals surface area contributed by atoms with Crippen LogP contribution in [-0.4, -0.2) is 28.5 Å². The van der Waals surface area contributed by atoms with Crippen molar-refractivity contribution >= 4 is 0 Å². The van der Waals surface area contributed by atoms with Crippen LogP contribution >= 0.6 is 0 Å². The number of pyridine rings is 1. The molecular weight excluding hydrogens is 258 g/mol. The van der Waals surface area contributed by atoms with Crippen molar-refractivity contribution in [1.82, 2.24) is 9.88 Å². The number of rotatable bonds is 5. The van der Waals surface area contributed by atoms with Crippen LogP contribution < -0.4 is 5.73 Å². The molecule has 1 saturated heterocycles. The highest BCUT2D eigenvalue weighted by molar-refractivity contribution is 5.17. The Bertz CT molecular complexity index is 427. The lowest BCUT2D eigenvalue weighted by molar-refractivity contribution is 0.115. The van der Waals surface area contributed by atoms with Crippen LogP contribution in [0.5, 0.6) is 0 Å². The Morgan fingerprint density at radius 1 is 1.29 bits per heavy atom. The molecule has 1 aromatic heterocycles. The molecule has 3 nitrogen and oxygen atoms in total. The minimum absolute atomic E-state index is 0.205. The SMILES string of the molecule is CCC(N)C(c1cccnc1)N1CCCC1C1CCCC1. The van der Waals surface area contributed by atoms with Crippen LogP contribution in [-0.2, 0) is 0 Å². The summed E-state index contributed by atoms with van der Waals surface area (Å²) < 4.78 is 0. The lowest BCUT2D eigenvalue weighted by Crippen LogP contribution is -2.45. The highest BCUT2D eigenvalue weighted by atomic mass is 15.2. The van der Waals surface area contributed by atoms with Gasteiger partial charge >= 0.3 is 0 Å². The third-order valence-electron chi connectivity index (χ3n) is 5.55. The molecule has 3 unspecified atom stereocenters. The van der Waals surface area contributed by atoms with Crippen molar-refractivity contribution in [2.24, 2.45) is 11.7 Å². The fourth-order valence-corrected chi connectivity index (χ4v) is 4.47. The molecular formula is C18H29N3. The Hall–Kier alpha value is -0.930. The highest BCUT2D eigenvalue weighted by Gasteiger charge is 2.39. The van der Waals surface area contributed by atoms with E-state index in [1.165, 1.54) is 50.6 Å². The van der Waals surface area contributed by atoms with Gasteiger partial charge in [0.1, 0.15) is 0 Å². The van der Waals surface area contributed by atoms with Crippen molar-refractivity contribution < 1.29 is 0 Å². The largest absolute Gasteiger partial charge is 0.326 e. The maximum Gasteiger partial charge on any atom is 0.0517 e. The maximum atomic E-state index is 6.52. The molecule has 1 saturated carbocycles. The van der Waals surface area contributed by atoms with Crippen molar-refractivity contribution in [3.63, 3.8) is 0 Å². The molecule has 2 heterocycles. The fraction of sp³-hybridized carbons (Fsp3) is 0.722. The maximum absolute atomic E-state index is 6.52. The Morgan fingerprint density at radius 2 is 2.10 bits per heavy atom. The Kier molecular flexibility index (Phi) is 4.91. The molecule has 0 bridgehead atoms. The predicted octanol–water partition coefficient (Wildman–Crippen LogP) is 3.51. The molecule has 3 heteroatoms. The molecule has 3 rings (SSSR count). The van der Waals surface area contributed by atoms with E-state index in [2.05, 4.69) is 22.9 Å². The molecule has 0 aromatic carbocycles. The van der Waals surface area contributed by atoms with Crippen molar-refractivity contribution in [2.75, 3.05) is 6.54 Å². The summed E-state index contributed by atoms with van der Waals surface area (Å²) in [5.74, 6) is 0.899. The molecule has 0 spiro atoms. The molecule has 0 radical (unpaired) electrons. The third-order valence-corrected chi connectivity index (χ3v) is 5.55. The molecule has 0 amide bonds. The van der Waals surface area contributed by atoms with Crippen LogP contribution in [0.25, 0.3) is 0 Å². The normalized spacial score (nSPS) is 27.0. The lowest BCUT2D eigenvalue weighted by Gasteiger charge is -2.39. The average molecular weight is 287 g/mol. The zero-order valence-electron chi connectivity index (χ0n) is 13.2. The van der Waals surface area contributed by atoms with Gasteiger partial charge in [-0.3, -0.25) is 9.88 Å². The van der Waals surface area contributed by atoms with Crippen LogP contribution in [0.15, 0.2) is 24.5 Å². The molecule has 1 aromatic rings. The van der Waals surface area contributed by atoms with E-state index in [4.69, 9.17) is 5.73 Å². The molecule has 2 fully saturated rings. The molecule has 21 heavy (non-hydrogen) atoms. The fourth-order valence-electron chi connectivity index (χ4n) is 4.47. The van der Waals surface area contributed by atoms with E-state index in [-0.39, 0.29) is 6.04 Å². The van der Waals surface area contributed by atoms with Crippen LogP contribution in [0.3, 0.4) is 0 Å². The summed E-state index contributed by atoms with van der Waals surface area (Å²) in [4.78, 5) is 7.06. The minimum Gasteiger partial charge on any atom is -0.326 e. The number of hydrogen-bond acceptors (Lipinski definition) is 3.